The molecule has 0 amide bonds. The van der Waals surface area contributed by atoms with Crippen LogP contribution in [0.1, 0.15) is 13.3 Å². The van der Waals surface area contributed by atoms with E-state index in [0.717, 1.165) is 34.5 Å². The summed E-state index contributed by atoms with van der Waals surface area (Å²) in [4.78, 5) is 4.57. The van der Waals surface area contributed by atoms with Crippen LogP contribution in [-0.4, -0.2) is 23.8 Å². The van der Waals surface area contributed by atoms with Gasteiger partial charge >= 0.3 is 0 Å². The summed E-state index contributed by atoms with van der Waals surface area (Å²) < 4.78 is 10.6. The number of thioether (sulfide) groups is 1. The second-order valence-electron chi connectivity index (χ2n) is 4.11. The van der Waals surface area contributed by atoms with Crippen molar-refractivity contribution in [2.45, 2.75) is 19.4 Å². The molecule has 3 rings (SSSR count). The van der Waals surface area contributed by atoms with Gasteiger partial charge in [0.1, 0.15) is 0 Å². The first-order chi connectivity index (χ1) is 8.31. The Bertz CT molecular complexity index is 462. The van der Waals surface area contributed by atoms with Gasteiger partial charge in [-0.05, 0) is 25.5 Å². The Kier molecular flexibility index (Phi) is 2.84. The number of benzene rings is 1. The number of rotatable bonds is 1. The predicted octanol–water partition coefficient (Wildman–Crippen LogP) is 2.71. The number of ether oxygens (including phenoxy) is 2. The van der Waals surface area contributed by atoms with E-state index in [2.05, 4.69) is 17.2 Å². The summed E-state index contributed by atoms with van der Waals surface area (Å²) >= 11 is 1.76. The normalized spacial score (nSPS) is 22.2. The number of anilines is 1. The van der Waals surface area contributed by atoms with Crippen molar-refractivity contribution in [1.82, 2.24) is 0 Å². The van der Waals surface area contributed by atoms with Gasteiger partial charge in [-0.25, -0.2) is 0 Å². The van der Waals surface area contributed by atoms with E-state index in [1.165, 1.54) is 0 Å². The van der Waals surface area contributed by atoms with E-state index in [-0.39, 0.29) is 0 Å². The molecule has 17 heavy (non-hydrogen) atoms. The van der Waals surface area contributed by atoms with Crippen LogP contribution in [0.3, 0.4) is 0 Å². The maximum atomic E-state index is 5.34. The molecule has 0 fully saturated rings. The predicted molar refractivity (Wildman–Crippen MR) is 70.2 cm³/mol. The lowest BCUT2D eigenvalue weighted by Crippen LogP contribution is -2.17. The number of aliphatic imine (C=N–C) groups is 1. The largest absolute Gasteiger partial charge is 0.454 e. The number of hydrogen-bond acceptors (Lipinski definition) is 5. The second-order valence-corrected chi connectivity index (χ2v) is 5.20. The van der Waals surface area contributed by atoms with E-state index < -0.39 is 0 Å². The van der Waals surface area contributed by atoms with E-state index in [1.807, 2.05) is 18.2 Å². The van der Waals surface area contributed by atoms with Crippen molar-refractivity contribution in [2.75, 3.05) is 17.9 Å². The molecule has 2 aliphatic rings. The maximum absolute atomic E-state index is 5.34. The molecule has 0 saturated carbocycles. The van der Waals surface area contributed by atoms with Crippen LogP contribution in [0, 0.1) is 0 Å². The minimum atomic E-state index is 0.311. The Balaban J connectivity index is 1.77. The molecule has 0 aliphatic carbocycles. The number of fused-ring (bicyclic) bond motifs is 1. The molecule has 90 valence electrons. The third kappa shape index (κ3) is 2.34. The molecule has 0 spiro atoms. The summed E-state index contributed by atoms with van der Waals surface area (Å²) in [7, 11) is 0. The standard InChI is InChI=1S/C12H14N2O2S/c1-8-4-5-17-12(13-8)14-9-2-3-10-11(6-9)16-7-15-10/h2-3,6,8H,4-5,7H2,1H3,(H,13,14). The Morgan fingerprint density at radius 2 is 2.24 bits per heavy atom. The highest BCUT2D eigenvalue weighted by Gasteiger charge is 2.15. The first-order valence-corrected chi connectivity index (χ1v) is 6.67. The first-order valence-electron chi connectivity index (χ1n) is 5.68. The van der Waals surface area contributed by atoms with Gasteiger partial charge in [0.25, 0.3) is 0 Å². The highest BCUT2D eigenvalue weighted by Crippen LogP contribution is 2.34. The molecule has 0 aromatic heterocycles. The molecule has 1 atom stereocenters. The molecule has 5 heteroatoms. The molecule has 1 N–H and O–H groups in total. The van der Waals surface area contributed by atoms with Crippen LogP contribution in [-0.2, 0) is 0 Å². The van der Waals surface area contributed by atoms with Crippen LogP contribution in [0.25, 0.3) is 0 Å². The summed E-state index contributed by atoms with van der Waals surface area (Å²) in [5, 5.41) is 4.31. The van der Waals surface area contributed by atoms with Gasteiger partial charge in [0, 0.05) is 17.5 Å². The van der Waals surface area contributed by atoms with Crippen LogP contribution in [0.5, 0.6) is 11.5 Å². The van der Waals surface area contributed by atoms with E-state index in [9.17, 15) is 0 Å². The van der Waals surface area contributed by atoms with Crippen molar-refractivity contribution in [3.63, 3.8) is 0 Å². The maximum Gasteiger partial charge on any atom is 0.231 e. The smallest absolute Gasteiger partial charge is 0.231 e. The average Bonchev–Trinajstić information content (AvgIpc) is 2.76. The van der Waals surface area contributed by atoms with Crippen molar-refractivity contribution in [3.05, 3.63) is 18.2 Å². The summed E-state index contributed by atoms with van der Waals surface area (Å²) in [5.41, 5.74) is 0.995. The Morgan fingerprint density at radius 1 is 1.35 bits per heavy atom. The summed E-state index contributed by atoms with van der Waals surface area (Å²) in [6.07, 6.45) is 1.15. The van der Waals surface area contributed by atoms with Crippen molar-refractivity contribution in [3.8, 4) is 11.5 Å². The first kappa shape index (κ1) is 10.8. The lowest BCUT2D eigenvalue weighted by Gasteiger charge is -2.17. The zero-order valence-corrected chi connectivity index (χ0v) is 10.4. The van der Waals surface area contributed by atoms with E-state index in [0.29, 0.717) is 12.8 Å². The zero-order valence-electron chi connectivity index (χ0n) is 9.60. The van der Waals surface area contributed by atoms with E-state index in [1.54, 1.807) is 11.8 Å². The van der Waals surface area contributed by atoms with Crippen LogP contribution in [0.4, 0.5) is 5.69 Å². The monoisotopic (exact) mass is 250 g/mol. The topological polar surface area (TPSA) is 42.8 Å². The fourth-order valence-corrected chi connectivity index (χ4v) is 2.89. The lowest BCUT2D eigenvalue weighted by molar-refractivity contribution is 0.174. The number of amidine groups is 1. The van der Waals surface area contributed by atoms with Gasteiger partial charge in [0.2, 0.25) is 6.79 Å². The molecule has 4 nitrogen and oxygen atoms in total. The molecular weight excluding hydrogens is 236 g/mol. The van der Waals surface area contributed by atoms with Gasteiger partial charge in [-0.2, -0.15) is 0 Å². The van der Waals surface area contributed by atoms with Gasteiger partial charge in [0.15, 0.2) is 16.7 Å². The third-order valence-corrected chi connectivity index (χ3v) is 3.66. The zero-order chi connectivity index (χ0) is 11.7. The highest BCUT2D eigenvalue weighted by atomic mass is 32.2. The fraction of sp³-hybridized carbons (Fsp3) is 0.417. The van der Waals surface area contributed by atoms with Gasteiger partial charge in [-0.1, -0.05) is 11.8 Å². The minimum Gasteiger partial charge on any atom is -0.454 e. The molecule has 1 aromatic rings. The van der Waals surface area contributed by atoms with Gasteiger partial charge in [-0.15, -0.1) is 0 Å². The fourth-order valence-electron chi connectivity index (χ4n) is 1.79. The summed E-state index contributed by atoms with van der Waals surface area (Å²) in [5.74, 6) is 2.73. The summed E-state index contributed by atoms with van der Waals surface area (Å²) in [6, 6.07) is 6.26. The second kappa shape index (κ2) is 4.49. The van der Waals surface area contributed by atoms with Crippen molar-refractivity contribution in [1.29, 1.82) is 0 Å². The molecule has 2 aliphatic heterocycles. The Hall–Kier alpha value is -1.36. The van der Waals surface area contributed by atoms with Crippen LogP contribution < -0.4 is 14.8 Å². The average molecular weight is 250 g/mol. The Morgan fingerprint density at radius 3 is 3.12 bits per heavy atom. The SMILES string of the molecule is CC1CCSC(Nc2ccc3c(c2)OCO3)=N1. The van der Waals surface area contributed by atoms with Crippen LogP contribution in [0.15, 0.2) is 23.2 Å². The van der Waals surface area contributed by atoms with Crippen LogP contribution >= 0.6 is 11.8 Å². The van der Waals surface area contributed by atoms with Crippen molar-refractivity contribution in [2.24, 2.45) is 4.99 Å². The van der Waals surface area contributed by atoms with Gasteiger partial charge < -0.3 is 14.8 Å². The molecule has 0 bridgehead atoms. The molecule has 0 radical (unpaired) electrons. The minimum absolute atomic E-state index is 0.311. The van der Waals surface area contributed by atoms with Crippen LogP contribution in [0.2, 0.25) is 0 Å². The van der Waals surface area contributed by atoms with E-state index >= 15 is 0 Å². The number of nitrogens with zero attached hydrogens (tertiary/aromatic N) is 1. The summed E-state index contributed by atoms with van der Waals surface area (Å²) in [6.45, 7) is 2.45. The molecule has 1 unspecified atom stereocenters. The molecule has 0 saturated heterocycles. The van der Waals surface area contributed by atoms with Gasteiger partial charge in [-0.3, -0.25) is 4.99 Å². The lowest BCUT2D eigenvalue weighted by atomic mass is 10.3. The quantitative estimate of drug-likeness (QED) is 0.832. The molecular formula is C12H14N2O2S. The highest BCUT2D eigenvalue weighted by molar-refractivity contribution is 8.14. The molecule has 1 aromatic carbocycles. The van der Waals surface area contributed by atoms with Crippen molar-refractivity contribution >= 4 is 22.6 Å². The third-order valence-electron chi connectivity index (χ3n) is 2.74. The number of nitrogens with one attached hydrogen (secondary N) is 1. The van der Waals surface area contributed by atoms with Gasteiger partial charge in [0.05, 0.1) is 6.04 Å². The van der Waals surface area contributed by atoms with Crippen molar-refractivity contribution < 1.29 is 9.47 Å². The van der Waals surface area contributed by atoms with E-state index in [4.69, 9.17) is 9.47 Å². The molecule has 2 heterocycles. The number of hydrogen-bond donors (Lipinski definition) is 1. The Labute approximate surface area is 104 Å².